The summed E-state index contributed by atoms with van der Waals surface area (Å²) >= 11 is 0. The highest BCUT2D eigenvalue weighted by Crippen LogP contribution is 2.31. The van der Waals surface area contributed by atoms with E-state index >= 15 is 0 Å². The largest absolute Gasteiger partial charge is 0.491 e. The van der Waals surface area contributed by atoms with Crippen LogP contribution in [0.1, 0.15) is 41.0 Å². The number of carbonyl (C=O) groups excluding carboxylic acids is 1. The zero-order valence-corrected chi connectivity index (χ0v) is 14.1. The van der Waals surface area contributed by atoms with Gasteiger partial charge in [0.25, 0.3) is 5.91 Å². The normalized spacial score (nSPS) is 23.8. The van der Waals surface area contributed by atoms with E-state index in [1.807, 2.05) is 0 Å². The lowest BCUT2D eigenvalue weighted by Crippen LogP contribution is -2.35. The van der Waals surface area contributed by atoms with Gasteiger partial charge >= 0.3 is 0 Å². The smallest absolute Gasteiger partial charge is 0.269 e. The Hall–Kier alpha value is -2.82. The first-order valence-corrected chi connectivity index (χ1v) is 8.56. The molecular formula is C19H19N3O4. The van der Waals surface area contributed by atoms with Crippen molar-refractivity contribution in [3.8, 4) is 23.3 Å². The van der Waals surface area contributed by atoms with Gasteiger partial charge in [-0.2, -0.15) is 5.10 Å². The van der Waals surface area contributed by atoms with Crippen LogP contribution < -0.4 is 10.5 Å². The van der Waals surface area contributed by atoms with Gasteiger partial charge in [-0.3, -0.25) is 4.79 Å². The Labute approximate surface area is 150 Å². The van der Waals surface area contributed by atoms with Crippen molar-refractivity contribution in [1.29, 1.82) is 0 Å². The van der Waals surface area contributed by atoms with Crippen LogP contribution in [0.5, 0.6) is 5.75 Å². The minimum absolute atomic E-state index is 0.202. The van der Waals surface area contributed by atoms with E-state index in [4.69, 9.17) is 10.5 Å². The molecule has 1 fully saturated rings. The van der Waals surface area contributed by atoms with Gasteiger partial charge in [0, 0.05) is 17.7 Å². The van der Waals surface area contributed by atoms with E-state index in [1.165, 1.54) is 0 Å². The minimum atomic E-state index is -1.36. The van der Waals surface area contributed by atoms with E-state index in [0.29, 0.717) is 42.9 Å². The van der Waals surface area contributed by atoms with E-state index in [1.54, 1.807) is 28.9 Å². The van der Waals surface area contributed by atoms with Gasteiger partial charge in [0.15, 0.2) is 11.3 Å². The van der Waals surface area contributed by atoms with Crippen LogP contribution in [0.25, 0.3) is 5.69 Å². The van der Waals surface area contributed by atoms with Crippen molar-refractivity contribution >= 4 is 5.91 Å². The van der Waals surface area contributed by atoms with Crippen molar-refractivity contribution in [2.24, 2.45) is 5.73 Å². The number of aliphatic hydroxyl groups is 2. The zero-order chi connectivity index (χ0) is 18.3. The summed E-state index contributed by atoms with van der Waals surface area (Å²) in [6.45, 7) is 0.466. The van der Waals surface area contributed by atoms with Gasteiger partial charge in [-0.05, 0) is 43.5 Å². The maximum atomic E-state index is 11.4. The average Bonchev–Trinajstić information content (AvgIpc) is 3.14. The lowest BCUT2D eigenvalue weighted by Gasteiger charge is -2.19. The fraction of sp³-hybridized carbons (Fsp3) is 0.368. The molecule has 2 aliphatic rings. The maximum absolute atomic E-state index is 11.4. The summed E-state index contributed by atoms with van der Waals surface area (Å²) in [6.07, 6.45) is 1.53. The molecule has 0 bridgehead atoms. The first kappa shape index (κ1) is 16.6. The second kappa shape index (κ2) is 6.16. The first-order valence-electron chi connectivity index (χ1n) is 8.56. The molecule has 1 aliphatic carbocycles. The number of ether oxygens (including phenoxy) is 1. The number of aliphatic hydroxyl groups excluding tert-OH is 1. The Balaban J connectivity index is 1.74. The van der Waals surface area contributed by atoms with Gasteiger partial charge in [-0.1, -0.05) is 11.8 Å². The van der Waals surface area contributed by atoms with Gasteiger partial charge in [0.1, 0.15) is 11.4 Å². The lowest BCUT2D eigenvalue weighted by atomic mass is 10.0. The van der Waals surface area contributed by atoms with Gasteiger partial charge < -0.3 is 20.7 Å². The number of nitrogens with zero attached hydrogens (tertiary/aromatic N) is 2. The number of nitrogens with two attached hydrogens (primary N) is 1. The molecule has 7 heteroatoms. The zero-order valence-electron chi connectivity index (χ0n) is 14.1. The number of primary amides is 1. The van der Waals surface area contributed by atoms with Crippen LogP contribution in [0.4, 0.5) is 0 Å². The molecule has 26 heavy (non-hydrogen) atoms. The van der Waals surface area contributed by atoms with Crippen LogP contribution in [-0.4, -0.2) is 44.2 Å². The Morgan fingerprint density at radius 2 is 2.27 bits per heavy atom. The maximum Gasteiger partial charge on any atom is 0.269 e. The molecule has 2 aromatic rings. The summed E-state index contributed by atoms with van der Waals surface area (Å²) in [5.41, 5.74) is 6.33. The van der Waals surface area contributed by atoms with E-state index in [-0.39, 0.29) is 5.69 Å². The molecule has 0 saturated heterocycles. The first-order chi connectivity index (χ1) is 12.5. The summed E-state index contributed by atoms with van der Waals surface area (Å²) in [6, 6.07) is 7.03. The topological polar surface area (TPSA) is 111 Å². The van der Waals surface area contributed by atoms with Crippen LogP contribution in [-0.2, 0) is 6.42 Å². The lowest BCUT2D eigenvalue weighted by molar-refractivity contribution is -0.00819. The van der Waals surface area contributed by atoms with Crippen LogP contribution in [0.15, 0.2) is 24.3 Å². The monoisotopic (exact) mass is 353 g/mol. The summed E-state index contributed by atoms with van der Waals surface area (Å²) in [5, 5.41) is 24.6. The second-order valence-corrected chi connectivity index (χ2v) is 6.66. The molecular weight excluding hydrogens is 334 g/mol. The summed E-state index contributed by atoms with van der Waals surface area (Å²) < 4.78 is 7.39. The Bertz CT molecular complexity index is 940. The number of aromatic nitrogens is 2. The highest BCUT2D eigenvalue weighted by Gasteiger charge is 2.38. The molecule has 4 rings (SSSR count). The van der Waals surface area contributed by atoms with E-state index in [0.717, 1.165) is 12.1 Å². The molecule has 1 aliphatic heterocycles. The van der Waals surface area contributed by atoms with Gasteiger partial charge in [-0.25, -0.2) is 4.68 Å². The predicted octanol–water partition coefficient (Wildman–Crippen LogP) is 0.533. The Kier molecular flexibility index (Phi) is 3.94. The number of amides is 1. The van der Waals surface area contributed by atoms with E-state index in [9.17, 15) is 15.0 Å². The van der Waals surface area contributed by atoms with Gasteiger partial charge in [0.05, 0.1) is 12.7 Å². The molecule has 1 saturated carbocycles. The van der Waals surface area contributed by atoms with Gasteiger partial charge in [0.2, 0.25) is 0 Å². The number of benzene rings is 1. The third kappa shape index (κ3) is 2.83. The van der Waals surface area contributed by atoms with Crippen molar-refractivity contribution in [2.45, 2.75) is 37.4 Å². The molecule has 1 amide bonds. The standard InChI is InChI=1S/C19H19N3O4/c20-18(24)14-11-13-6-9-26-16-4-3-12(10-15(16)22(13)21-14)5-8-19(25)7-1-2-17(19)23/h3-4,10-11,17,23,25H,1-2,6-7,9H2,(H2,20,24). The molecule has 4 N–H and O–H groups in total. The summed E-state index contributed by atoms with van der Waals surface area (Å²) in [7, 11) is 0. The fourth-order valence-electron chi connectivity index (χ4n) is 3.37. The molecule has 7 nitrogen and oxygen atoms in total. The molecule has 2 atom stereocenters. The Morgan fingerprint density at radius 1 is 1.42 bits per heavy atom. The highest BCUT2D eigenvalue weighted by atomic mass is 16.5. The van der Waals surface area contributed by atoms with Crippen molar-refractivity contribution in [1.82, 2.24) is 9.78 Å². The van der Waals surface area contributed by atoms with E-state index in [2.05, 4.69) is 16.9 Å². The fourth-order valence-corrected chi connectivity index (χ4v) is 3.37. The number of carbonyl (C=O) groups is 1. The van der Waals surface area contributed by atoms with Crippen molar-refractivity contribution in [3.63, 3.8) is 0 Å². The quantitative estimate of drug-likeness (QED) is 0.648. The van der Waals surface area contributed by atoms with Crippen molar-refractivity contribution in [3.05, 3.63) is 41.2 Å². The summed E-state index contributed by atoms with van der Waals surface area (Å²) in [5.74, 6) is 5.80. The molecule has 2 heterocycles. The van der Waals surface area contributed by atoms with Crippen LogP contribution in [0, 0.1) is 11.8 Å². The molecule has 2 unspecified atom stereocenters. The number of rotatable bonds is 1. The highest BCUT2D eigenvalue weighted by molar-refractivity contribution is 5.91. The number of hydrogen-bond donors (Lipinski definition) is 3. The average molecular weight is 353 g/mol. The van der Waals surface area contributed by atoms with E-state index < -0.39 is 17.6 Å². The van der Waals surface area contributed by atoms with Crippen LogP contribution in [0.2, 0.25) is 0 Å². The Morgan fingerprint density at radius 3 is 3.00 bits per heavy atom. The SMILES string of the molecule is NC(=O)c1cc2n(n1)-c1cc(C#CC3(O)CCCC3O)ccc1OCC2. The van der Waals surface area contributed by atoms with Crippen LogP contribution in [0.3, 0.4) is 0 Å². The van der Waals surface area contributed by atoms with Gasteiger partial charge in [-0.15, -0.1) is 0 Å². The van der Waals surface area contributed by atoms with Crippen molar-refractivity contribution < 1.29 is 19.7 Å². The molecule has 1 aromatic heterocycles. The minimum Gasteiger partial charge on any atom is -0.491 e. The second-order valence-electron chi connectivity index (χ2n) is 6.66. The summed E-state index contributed by atoms with van der Waals surface area (Å²) in [4.78, 5) is 11.4. The molecule has 0 radical (unpaired) electrons. The number of fused-ring (bicyclic) bond motifs is 3. The molecule has 0 spiro atoms. The third-order valence-corrected chi connectivity index (χ3v) is 4.85. The molecule has 134 valence electrons. The molecule has 1 aromatic carbocycles. The number of hydrogen-bond acceptors (Lipinski definition) is 5. The van der Waals surface area contributed by atoms with Crippen LogP contribution >= 0.6 is 0 Å². The predicted molar refractivity (Wildman–Crippen MR) is 93.0 cm³/mol. The third-order valence-electron chi connectivity index (χ3n) is 4.85. The van der Waals surface area contributed by atoms with Crippen molar-refractivity contribution in [2.75, 3.05) is 6.61 Å².